The van der Waals surface area contributed by atoms with Crippen molar-refractivity contribution in [2.75, 3.05) is 105 Å². The Hall–Kier alpha value is -6.00. The molecule has 10 heterocycles. The van der Waals surface area contributed by atoms with E-state index in [0.29, 0.717) is 32.6 Å². The fourth-order valence-corrected chi connectivity index (χ4v) is 4.04. The van der Waals surface area contributed by atoms with E-state index in [0.717, 1.165) is 98.3 Å². The molecule has 0 bridgehead atoms. The summed E-state index contributed by atoms with van der Waals surface area (Å²) in [4.78, 5) is 99.8. The minimum atomic E-state index is -0.398. The van der Waals surface area contributed by atoms with E-state index in [4.69, 9.17) is 9.57 Å². The number of nitrogens with zero attached hydrogens (tertiary/aromatic N) is 1. The van der Waals surface area contributed by atoms with Crippen molar-refractivity contribution in [1.29, 1.82) is 0 Å². The van der Waals surface area contributed by atoms with Crippen LogP contribution in [0.1, 0.15) is 323 Å². The Labute approximate surface area is 634 Å². The first-order valence-corrected chi connectivity index (χ1v) is 39.5. The number of carbonyl (C=O) groups is 9. The number of imide groups is 3. The van der Waals surface area contributed by atoms with Crippen LogP contribution in [0, 0.1) is 0 Å². The summed E-state index contributed by atoms with van der Waals surface area (Å²) < 4.78 is 13.8. The molecule has 11 amide bonds. The van der Waals surface area contributed by atoms with Crippen molar-refractivity contribution >= 4 is 60.0 Å². The van der Waals surface area contributed by atoms with E-state index < -0.39 is 6.03 Å². The van der Waals surface area contributed by atoms with Gasteiger partial charge >= 0.3 is 24.2 Å². The molecule has 632 valence electrons. The Kier molecular flexibility index (Phi) is 309. The van der Waals surface area contributed by atoms with E-state index in [1.54, 1.807) is 6.21 Å². The van der Waals surface area contributed by atoms with Gasteiger partial charge in [-0.25, -0.2) is 24.7 Å². The SMILES string of the molecule is C.C1=NOCCC1.C1CNCN1.C1CNOC1.C1COCN1.CC.CC.CC.CC.CC.CC.CC.CC.CC.CC.CC.CC.CC.CC.CC.CC.CC.CC.CC.CC.O=C1C=CC(=O)N1.O=C1CCC(=O)N1.O=C1CNC(=O)N1.O=C1NCCCO1.O=C1NCCN1.O=C1NCCO1. The highest BCUT2D eigenvalue weighted by atomic mass is 16.7. The quantitative estimate of drug-likeness (QED) is 0.0792. The predicted molar refractivity (Wildman–Crippen MR) is 447 cm³/mol. The standard InChI is InChI=1S/C4H7NO2.C4H5NO2.C4H3NO2.C4H7NO.C3H4N2O2.C3H6N2O.C3H8N2.C3H5NO2.2C3H7NO.20C2H6.CH4/c6-4-5-2-1-3-7-4;2*6-3-1-2-4(7)5-3;1-2-4-6-5-3-1;6-2-1-4-3(7)5-2;6-3-4-1-2-5-3;1-2-5-3-4-1;5-3-4-1-2-6-3;1-2-5-3-4-1;1-2-4-5-3-1;20*1-2;/h1-3H2,(H,5,6);1-2H2,(H,5,6,7);1-2H,(H,5,6,7);3H,1-2,4H2;1H2,(H2,4,5,6,7);1-2H2,(H2,4,5,6);4-5H,1-3H2;1-2H2,(H,4,5);2*4H,1-3H2;20*1-2H3;1H4. The Morgan fingerprint density at radius 3 is 0.833 bits per heavy atom. The molecule has 0 saturated carbocycles. The third-order valence-electron chi connectivity index (χ3n) is 6.98. The van der Waals surface area contributed by atoms with Crippen LogP contribution in [0.2, 0.25) is 0 Å². The number of hydroxylamine groups is 1. The molecule has 0 aromatic rings. The van der Waals surface area contributed by atoms with E-state index in [1.807, 2.05) is 288 Å². The zero-order valence-corrected chi connectivity index (χ0v) is 74.0. The van der Waals surface area contributed by atoms with Crippen molar-refractivity contribution < 1.29 is 67.0 Å². The number of alkyl carbamates (subject to hydrolysis) is 2. The molecule has 8 saturated heterocycles. The zero-order chi connectivity index (χ0) is 84.6. The van der Waals surface area contributed by atoms with Crippen LogP contribution in [0.3, 0.4) is 0 Å². The highest BCUT2D eigenvalue weighted by molar-refractivity contribution is 6.12. The van der Waals surface area contributed by atoms with Crippen molar-refractivity contribution in [3.8, 4) is 0 Å². The number of oxime groups is 1. The average Bonchev–Trinajstić information content (AvgIpc) is 1.88. The van der Waals surface area contributed by atoms with Gasteiger partial charge in [0.2, 0.25) is 17.7 Å². The molecule has 0 atom stereocenters. The monoisotopic (exact) mass is 1490 g/mol. The smallest absolute Gasteiger partial charge is 0.407 e. The van der Waals surface area contributed by atoms with Gasteiger partial charge in [-0.1, -0.05) is 290 Å². The summed E-state index contributed by atoms with van der Waals surface area (Å²) in [6, 6.07) is -0.444. The van der Waals surface area contributed by atoms with Gasteiger partial charge in [0.15, 0.2) is 0 Å². The van der Waals surface area contributed by atoms with Crippen LogP contribution in [0.15, 0.2) is 17.3 Å². The van der Waals surface area contributed by atoms with Gasteiger partial charge < -0.3 is 61.1 Å². The van der Waals surface area contributed by atoms with E-state index in [-0.39, 0.29) is 61.7 Å². The number of nitrogens with one attached hydrogen (secondary N) is 12. The number of ether oxygens (including phenoxy) is 3. The molecular weight excluding hydrogens is 1310 g/mol. The summed E-state index contributed by atoms with van der Waals surface area (Å²) in [5.41, 5.74) is 2.72. The number of amides is 11. The van der Waals surface area contributed by atoms with Crippen molar-refractivity contribution in [1.82, 2.24) is 64.0 Å². The lowest BCUT2D eigenvalue weighted by Gasteiger charge is -2.10. The number of rotatable bonds is 0. The normalized spacial score (nSPS) is 13.5. The molecule has 27 heteroatoms. The number of carbonyl (C=O) groups excluding carboxylic acids is 9. The topological polar surface area (TPSA) is 356 Å². The highest BCUT2D eigenvalue weighted by Gasteiger charge is 2.16. The number of hydrogen-bond donors (Lipinski definition) is 12. The third-order valence-corrected chi connectivity index (χ3v) is 6.98. The molecule has 0 aromatic heterocycles. The molecule has 0 aromatic carbocycles. The summed E-state index contributed by atoms with van der Waals surface area (Å²) in [5.74, 6) is -1.21. The van der Waals surface area contributed by atoms with Gasteiger partial charge in [-0.3, -0.25) is 45.2 Å². The Bertz CT molecular complexity index is 1260. The van der Waals surface area contributed by atoms with Crippen molar-refractivity contribution in [3.05, 3.63) is 12.2 Å². The highest BCUT2D eigenvalue weighted by Crippen LogP contribution is 1.96. The van der Waals surface area contributed by atoms with E-state index in [2.05, 4.69) is 72.8 Å². The first-order valence-electron chi connectivity index (χ1n) is 39.5. The average molecular weight is 1490 g/mol. The minimum Gasteiger partial charge on any atom is -0.449 e. The second-order valence-corrected chi connectivity index (χ2v) is 12.1. The van der Waals surface area contributed by atoms with Crippen LogP contribution in [0.5, 0.6) is 0 Å². The van der Waals surface area contributed by atoms with Crippen molar-refractivity contribution in [3.63, 3.8) is 0 Å². The largest absolute Gasteiger partial charge is 0.449 e. The lowest BCUT2D eigenvalue weighted by Crippen LogP contribution is -2.31. The number of urea groups is 2. The predicted octanol–water partition coefficient (Wildman–Crippen LogP) is 17.1. The van der Waals surface area contributed by atoms with Crippen LogP contribution in [-0.4, -0.2) is 165 Å². The van der Waals surface area contributed by atoms with Crippen LogP contribution in [-0.2, 0) is 47.9 Å². The van der Waals surface area contributed by atoms with Gasteiger partial charge in [-0.2, -0.15) is 0 Å². The third kappa shape index (κ3) is 198. The maximum absolute atomic E-state index is 10.1. The maximum atomic E-state index is 10.1. The number of hydrogen-bond acceptors (Lipinski definition) is 19. The van der Waals surface area contributed by atoms with Gasteiger partial charge in [-0.05, 0) is 25.7 Å². The Morgan fingerprint density at radius 1 is 0.333 bits per heavy atom. The van der Waals surface area contributed by atoms with Gasteiger partial charge in [0.05, 0.1) is 39.6 Å². The maximum Gasteiger partial charge on any atom is 0.407 e. The second-order valence-electron chi connectivity index (χ2n) is 12.1. The molecule has 10 rings (SSSR count). The van der Waals surface area contributed by atoms with Gasteiger partial charge in [0, 0.05) is 83.7 Å². The lowest BCUT2D eigenvalue weighted by atomic mass is 10.3. The minimum absolute atomic E-state index is 0. The van der Waals surface area contributed by atoms with E-state index >= 15 is 0 Å². The molecule has 10 aliphatic rings. The van der Waals surface area contributed by atoms with Crippen LogP contribution >= 0.6 is 0 Å². The van der Waals surface area contributed by atoms with Gasteiger partial charge in [0.1, 0.15) is 13.2 Å². The summed E-state index contributed by atoms with van der Waals surface area (Å²) in [7, 11) is 0. The van der Waals surface area contributed by atoms with Gasteiger partial charge in [-0.15, -0.1) is 0 Å². The summed E-state index contributed by atoms with van der Waals surface area (Å²) >= 11 is 0. The first-order chi connectivity index (χ1) is 49.5. The van der Waals surface area contributed by atoms with E-state index in [9.17, 15) is 43.2 Å². The van der Waals surface area contributed by atoms with E-state index in [1.165, 1.54) is 18.6 Å². The molecule has 0 spiro atoms. The molecule has 102 heavy (non-hydrogen) atoms. The molecular formula is C75H183N13O14. The lowest BCUT2D eigenvalue weighted by molar-refractivity contribution is -0.125. The molecule has 10 aliphatic heterocycles. The summed E-state index contributed by atoms with van der Waals surface area (Å²) in [6.45, 7) is 92.9. The zero-order valence-electron chi connectivity index (χ0n) is 74.0. The summed E-state index contributed by atoms with van der Waals surface area (Å²) in [5, 5.41) is 31.4. The second kappa shape index (κ2) is 205. The molecule has 0 aliphatic carbocycles. The molecule has 0 unspecified atom stereocenters. The molecule has 12 N–H and O–H groups in total. The molecule has 8 fully saturated rings. The fraction of sp³-hybridized carbons (Fsp3) is 0.840. The Morgan fingerprint density at radius 2 is 0.725 bits per heavy atom. The number of cyclic esters (lactones) is 2. The molecule has 27 nitrogen and oxygen atoms in total. The first kappa shape index (κ1) is 154. The Balaban J connectivity index is -0.0000000357. The van der Waals surface area contributed by atoms with Crippen LogP contribution < -0.4 is 64.0 Å². The van der Waals surface area contributed by atoms with Crippen molar-refractivity contribution in [2.45, 2.75) is 323 Å². The van der Waals surface area contributed by atoms with Crippen molar-refractivity contribution in [2.24, 2.45) is 5.16 Å². The van der Waals surface area contributed by atoms with Gasteiger partial charge in [0.25, 0.3) is 11.8 Å². The summed E-state index contributed by atoms with van der Waals surface area (Å²) in [6.07, 6.45) is 8.67. The van der Waals surface area contributed by atoms with Crippen LogP contribution in [0.25, 0.3) is 0 Å². The van der Waals surface area contributed by atoms with Crippen LogP contribution in [0.4, 0.5) is 19.2 Å². The molecule has 0 radical (unpaired) electrons. The fourth-order valence-electron chi connectivity index (χ4n) is 4.04.